The van der Waals surface area contributed by atoms with Crippen molar-refractivity contribution < 1.29 is 4.79 Å². The summed E-state index contributed by atoms with van der Waals surface area (Å²) in [6, 6.07) is 10.2. The molecule has 2 rings (SSSR count). The highest BCUT2D eigenvalue weighted by atomic mass is 16.2. The highest BCUT2D eigenvalue weighted by Crippen LogP contribution is 2.07. The summed E-state index contributed by atoms with van der Waals surface area (Å²) in [5.74, 6) is 0.834. The molecule has 0 atom stereocenters. The summed E-state index contributed by atoms with van der Waals surface area (Å²) in [6.45, 7) is 6.49. The summed E-state index contributed by atoms with van der Waals surface area (Å²) < 4.78 is 0. The second-order valence-electron chi connectivity index (χ2n) is 5.86. The van der Waals surface area contributed by atoms with E-state index in [4.69, 9.17) is 0 Å². The molecule has 24 heavy (non-hydrogen) atoms. The molecule has 1 aromatic carbocycles. The molecule has 0 spiro atoms. The monoisotopic (exact) mass is 331 g/mol. The molecule has 0 bridgehead atoms. The predicted molar refractivity (Wildman–Crippen MR) is 99.3 cm³/mol. The van der Waals surface area contributed by atoms with E-state index in [1.807, 2.05) is 30.0 Å². The molecule has 0 aliphatic carbocycles. The molecule has 0 aromatic heterocycles. The summed E-state index contributed by atoms with van der Waals surface area (Å²) in [4.78, 5) is 18.3. The Morgan fingerprint density at radius 3 is 2.58 bits per heavy atom. The molecule has 6 heteroatoms. The van der Waals surface area contributed by atoms with Gasteiger partial charge in [-0.1, -0.05) is 18.2 Å². The molecule has 6 nitrogen and oxygen atoms in total. The van der Waals surface area contributed by atoms with Crippen molar-refractivity contribution in [3.63, 3.8) is 0 Å². The highest BCUT2D eigenvalue weighted by molar-refractivity contribution is 5.85. The number of aliphatic imine (C=N–C) groups is 1. The van der Waals surface area contributed by atoms with Crippen molar-refractivity contribution in [2.45, 2.75) is 26.2 Å². The fourth-order valence-electron chi connectivity index (χ4n) is 2.64. The van der Waals surface area contributed by atoms with Crippen LogP contribution >= 0.6 is 0 Å². The van der Waals surface area contributed by atoms with Crippen LogP contribution in [-0.4, -0.2) is 56.0 Å². The maximum atomic E-state index is 12.0. The third kappa shape index (κ3) is 6.48. The molecule has 1 aromatic rings. The minimum Gasteiger partial charge on any atom is -0.385 e. The van der Waals surface area contributed by atoms with Gasteiger partial charge in [0.15, 0.2) is 5.96 Å². The van der Waals surface area contributed by atoms with Gasteiger partial charge in [-0.25, -0.2) is 4.99 Å². The fourth-order valence-corrected chi connectivity index (χ4v) is 2.64. The average Bonchev–Trinajstić information content (AvgIpc) is 3.14. The van der Waals surface area contributed by atoms with Crippen LogP contribution < -0.4 is 16.0 Å². The summed E-state index contributed by atoms with van der Waals surface area (Å²) >= 11 is 0. The molecule has 1 aliphatic rings. The third-order valence-electron chi connectivity index (χ3n) is 3.92. The molecule has 3 N–H and O–H groups in total. The summed E-state index contributed by atoms with van der Waals surface area (Å²) in [5, 5.41) is 9.84. The lowest BCUT2D eigenvalue weighted by atomic mass is 10.3. The maximum Gasteiger partial charge on any atom is 0.244 e. The number of nitrogens with zero attached hydrogens (tertiary/aromatic N) is 2. The molecule has 0 radical (unpaired) electrons. The van der Waals surface area contributed by atoms with Gasteiger partial charge in [0.05, 0.1) is 0 Å². The number of hydrogen-bond donors (Lipinski definition) is 3. The lowest BCUT2D eigenvalue weighted by Gasteiger charge is -2.15. The van der Waals surface area contributed by atoms with Gasteiger partial charge in [-0.3, -0.25) is 4.79 Å². The SMILES string of the molecule is CCNC(=NCC(=O)N1CCCC1)NCCCNc1ccccc1. The van der Waals surface area contributed by atoms with Gasteiger partial charge in [0.2, 0.25) is 5.91 Å². The highest BCUT2D eigenvalue weighted by Gasteiger charge is 2.17. The topological polar surface area (TPSA) is 68.8 Å². The lowest BCUT2D eigenvalue weighted by Crippen LogP contribution is -2.39. The second kappa shape index (κ2) is 10.5. The van der Waals surface area contributed by atoms with E-state index in [1.54, 1.807) is 0 Å². The smallest absolute Gasteiger partial charge is 0.244 e. The summed E-state index contributed by atoms with van der Waals surface area (Å²) in [6.07, 6.45) is 3.20. The van der Waals surface area contributed by atoms with Gasteiger partial charge in [-0.05, 0) is 38.3 Å². The van der Waals surface area contributed by atoms with Crippen LogP contribution in [-0.2, 0) is 4.79 Å². The molecule has 1 saturated heterocycles. The number of hydrogen-bond acceptors (Lipinski definition) is 3. The van der Waals surface area contributed by atoms with Crippen LogP contribution in [0.25, 0.3) is 0 Å². The van der Waals surface area contributed by atoms with E-state index in [9.17, 15) is 4.79 Å². The second-order valence-corrected chi connectivity index (χ2v) is 5.86. The van der Waals surface area contributed by atoms with Gasteiger partial charge in [0, 0.05) is 38.4 Å². The zero-order valence-electron chi connectivity index (χ0n) is 14.6. The number of likely N-dealkylation sites (tertiary alicyclic amines) is 1. The summed E-state index contributed by atoms with van der Waals surface area (Å²) in [7, 11) is 0. The van der Waals surface area contributed by atoms with E-state index in [2.05, 4.69) is 33.1 Å². The van der Waals surface area contributed by atoms with Crippen LogP contribution in [0.5, 0.6) is 0 Å². The van der Waals surface area contributed by atoms with Crippen molar-refractivity contribution in [3.05, 3.63) is 30.3 Å². The average molecular weight is 331 g/mol. The molecule has 132 valence electrons. The number of nitrogens with one attached hydrogen (secondary N) is 3. The Morgan fingerprint density at radius 1 is 1.12 bits per heavy atom. The first-order chi connectivity index (χ1) is 11.8. The molecular formula is C18H29N5O. The van der Waals surface area contributed by atoms with Gasteiger partial charge in [-0.2, -0.15) is 0 Å². The van der Waals surface area contributed by atoms with E-state index >= 15 is 0 Å². The van der Waals surface area contributed by atoms with E-state index in [-0.39, 0.29) is 12.5 Å². The van der Waals surface area contributed by atoms with Crippen LogP contribution in [0.15, 0.2) is 35.3 Å². The number of carbonyl (C=O) groups excluding carboxylic acids is 1. The molecule has 1 fully saturated rings. The number of benzene rings is 1. The van der Waals surface area contributed by atoms with E-state index in [0.29, 0.717) is 5.96 Å². The Balaban J connectivity index is 1.66. The van der Waals surface area contributed by atoms with Gasteiger partial charge in [0.1, 0.15) is 6.54 Å². The van der Waals surface area contributed by atoms with Gasteiger partial charge in [0.25, 0.3) is 0 Å². The zero-order valence-corrected chi connectivity index (χ0v) is 14.6. The van der Waals surface area contributed by atoms with E-state index < -0.39 is 0 Å². The van der Waals surface area contributed by atoms with Crippen molar-refractivity contribution >= 4 is 17.6 Å². The Labute approximate surface area is 144 Å². The van der Waals surface area contributed by atoms with Gasteiger partial charge in [-0.15, -0.1) is 0 Å². The quantitative estimate of drug-likeness (QED) is 0.385. The Morgan fingerprint density at radius 2 is 1.88 bits per heavy atom. The molecule has 1 amide bonds. The van der Waals surface area contributed by atoms with Crippen LogP contribution in [0, 0.1) is 0 Å². The van der Waals surface area contributed by atoms with Crippen molar-refractivity contribution in [1.29, 1.82) is 0 Å². The lowest BCUT2D eigenvalue weighted by molar-refractivity contribution is -0.128. The van der Waals surface area contributed by atoms with Crippen LogP contribution in [0.2, 0.25) is 0 Å². The molecular weight excluding hydrogens is 302 g/mol. The molecule has 0 saturated carbocycles. The minimum absolute atomic E-state index is 0.121. The van der Waals surface area contributed by atoms with Crippen molar-refractivity contribution in [3.8, 4) is 0 Å². The Bertz CT molecular complexity index is 511. The largest absolute Gasteiger partial charge is 0.385 e. The van der Waals surface area contributed by atoms with Crippen molar-refractivity contribution in [2.24, 2.45) is 4.99 Å². The zero-order chi connectivity index (χ0) is 17.0. The number of anilines is 1. The number of carbonyl (C=O) groups is 1. The summed E-state index contributed by atoms with van der Waals surface area (Å²) in [5.41, 5.74) is 1.13. The molecule has 0 unspecified atom stereocenters. The van der Waals surface area contributed by atoms with E-state index in [0.717, 1.165) is 57.7 Å². The first-order valence-electron chi connectivity index (χ1n) is 8.88. The number of rotatable bonds is 8. The first kappa shape index (κ1) is 18.1. The van der Waals surface area contributed by atoms with Gasteiger partial charge >= 0.3 is 0 Å². The third-order valence-corrected chi connectivity index (χ3v) is 3.92. The van der Waals surface area contributed by atoms with Crippen molar-refractivity contribution in [1.82, 2.24) is 15.5 Å². The molecule has 1 aliphatic heterocycles. The van der Waals surface area contributed by atoms with Crippen molar-refractivity contribution in [2.75, 3.05) is 44.6 Å². The Kier molecular flexibility index (Phi) is 7.93. The molecule has 1 heterocycles. The van der Waals surface area contributed by atoms with Crippen LogP contribution in [0.1, 0.15) is 26.2 Å². The van der Waals surface area contributed by atoms with Gasteiger partial charge < -0.3 is 20.9 Å². The Hall–Kier alpha value is -2.24. The predicted octanol–water partition coefficient (Wildman–Crippen LogP) is 1.67. The first-order valence-corrected chi connectivity index (χ1v) is 8.88. The number of guanidine groups is 1. The number of para-hydroxylation sites is 1. The van der Waals surface area contributed by atoms with E-state index in [1.165, 1.54) is 0 Å². The van der Waals surface area contributed by atoms with Crippen LogP contribution in [0.4, 0.5) is 5.69 Å². The fraction of sp³-hybridized carbons (Fsp3) is 0.556. The van der Waals surface area contributed by atoms with Crippen LogP contribution in [0.3, 0.4) is 0 Å². The minimum atomic E-state index is 0.121. The maximum absolute atomic E-state index is 12.0. The standard InChI is InChI=1S/C18H29N5O/c1-2-19-18(22-15-17(24)23-13-6-7-14-23)21-12-8-11-20-16-9-4-3-5-10-16/h3-5,9-10,20H,2,6-8,11-15H2,1H3,(H2,19,21,22). The number of amides is 1. The normalized spacial score (nSPS) is 14.5.